The normalized spacial score (nSPS) is 40.5. The van der Waals surface area contributed by atoms with Gasteiger partial charge in [-0.15, -0.1) is 0 Å². The molecule has 24 heavy (non-hydrogen) atoms. The Hall–Kier alpha value is -1.55. The molecule has 0 saturated heterocycles. The van der Waals surface area contributed by atoms with Gasteiger partial charge in [0, 0.05) is 6.42 Å². The standard InChI is InChI=1S/C20H26O4/c1-20-7-6-15-14-5-3-13(21)8-11(14)2-4-16(15)19(20)12(9-17(20)22)10-18(23)24/h3,5,8,12,15-17,19,21-22H,2,4,6-7,9-10H2,1H3,(H,23,24)/t12?,15-,16-,17?,19+,20-/m1/s1. The summed E-state index contributed by atoms with van der Waals surface area (Å²) in [6.45, 7) is 2.17. The van der Waals surface area contributed by atoms with Gasteiger partial charge in [0.25, 0.3) is 0 Å². The van der Waals surface area contributed by atoms with Crippen molar-refractivity contribution >= 4 is 5.97 Å². The number of hydrogen-bond donors (Lipinski definition) is 3. The van der Waals surface area contributed by atoms with Gasteiger partial charge in [0.15, 0.2) is 0 Å². The van der Waals surface area contributed by atoms with E-state index in [4.69, 9.17) is 0 Å². The fourth-order valence-electron chi connectivity index (χ4n) is 6.26. The highest BCUT2D eigenvalue weighted by Gasteiger charge is 2.58. The fourth-order valence-corrected chi connectivity index (χ4v) is 6.26. The molecule has 1 aromatic rings. The molecule has 3 aliphatic carbocycles. The lowest BCUT2D eigenvalue weighted by Gasteiger charge is -2.51. The number of phenolic OH excluding ortho intramolecular Hbond substituents is 1. The molecule has 130 valence electrons. The fraction of sp³-hybridized carbons (Fsp3) is 0.650. The molecule has 4 rings (SSSR count). The number of carbonyl (C=O) groups is 1. The van der Waals surface area contributed by atoms with Crippen molar-refractivity contribution in [2.45, 2.75) is 57.5 Å². The summed E-state index contributed by atoms with van der Waals surface area (Å²) in [5.41, 5.74) is 2.44. The lowest BCUT2D eigenvalue weighted by atomic mass is 9.54. The molecule has 0 aliphatic heterocycles. The number of phenols is 1. The molecule has 0 bridgehead atoms. The average molecular weight is 330 g/mol. The van der Waals surface area contributed by atoms with Crippen LogP contribution in [-0.2, 0) is 11.2 Å². The van der Waals surface area contributed by atoms with Crippen molar-refractivity contribution in [3.05, 3.63) is 29.3 Å². The van der Waals surface area contributed by atoms with Crippen LogP contribution in [0.15, 0.2) is 18.2 Å². The van der Waals surface area contributed by atoms with E-state index in [2.05, 4.69) is 13.0 Å². The quantitative estimate of drug-likeness (QED) is 0.777. The number of hydrogen-bond acceptors (Lipinski definition) is 3. The number of rotatable bonds is 2. The van der Waals surface area contributed by atoms with Crippen LogP contribution < -0.4 is 0 Å². The first-order valence-electron chi connectivity index (χ1n) is 9.12. The average Bonchev–Trinajstić information content (AvgIpc) is 2.77. The van der Waals surface area contributed by atoms with Crippen LogP contribution in [0.3, 0.4) is 0 Å². The second kappa shape index (κ2) is 5.48. The van der Waals surface area contributed by atoms with Crippen LogP contribution >= 0.6 is 0 Å². The van der Waals surface area contributed by atoms with Crippen molar-refractivity contribution in [1.29, 1.82) is 0 Å². The number of carboxylic acid groups (broad SMARTS) is 1. The van der Waals surface area contributed by atoms with Gasteiger partial charge < -0.3 is 15.3 Å². The van der Waals surface area contributed by atoms with Gasteiger partial charge in [-0.1, -0.05) is 13.0 Å². The minimum Gasteiger partial charge on any atom is -0.508 e. The van der Waals surface area contributed by atoms with Crippen molar-refractivity contribution < 1.29 is 20.1 Å². The van der Waals surface area contributed by atoms with Crippen molar-refractivity contribution in [2.24, 2.45) is 23.2 Å². The van der Waals surface area contributed by atoms with Gasteiger partial charge in [0.05, 0.1) is 6.10 Å². The highest BCUT2D eigenvalue weighted by molar-refractivity contribution is 5.67. The van der Waals surface area contributed by atoms with Crippen LogP contribution in [-0.4, -0.2) is 27.4 Å². The maximum Gasteiger partial charge on any atom is 0.303 e. The monoisotopic (exact) mass is 330 g/mol. The molecular formula is C20H26O4. The summed E-state index contributed by atoms with van der Waals surface area (Å²) >= 11 is 0. The van der Waals surface area contributed by atoms with Crippen LogP contribution in [0.5, 0.6) is 5.75 Å². The number of aromatic hydroxyl groups is 1. The van der Waals surface area contributed by atoms with E-state index in [9.17, 15) is 20.1 Å². The predicted molar refractivity (Wildman–Crippen MR) is 89.9 cm³/mol. The molecular weight excluding hydrogens is 304 g/mol. The summed E-state index contributed by atoms with van der Waals surface area (Å²) in [7, 11) is 0. The van der Waals surface area contributed by atoms with Crippen LogP contribution in [0.2, 0.25) is 0 Å². The Labute approximate surface area is 142 Å². The minimum absolute atomic E-state index is 0.0777. The first kappa shape index (κ1) is 15.9. The van der Waals surface area contributed by atoms with Crippen molar-refractivity contribution in [2.75, 3.05) is 0 Å². The minimum atomic E-state index is -0.750. The second-order valence-electron chi connectivity index (χ2n) is 8.37. The molecule has 0 aromatic heterocycles. The smallest absolute Gasteiger partial charge is 0.303 e. The number of aliphatic hydroxyl groups is 1. The van der Waals surface area contributed by atoms with E-state index < -0.39 is 5.97 Å². The first-order valence-corrected chi connectivity index (χ1v) is 9.12. The lowest BCUT2D eigenvalue weighted by molar-refractivity contribution is -0.139. The maximum atomic E-state index is 11.3. The highest BCUT2D eigenvalue weighted by atomic mass is 16.4. The molecule has 0 spiro atoms. The number of benzene rings is 1. The summed E-state index contributed by atoms with van der Waals surface area (Å²) in [4.78, 5) is 11.3. The Bertz CT molecular complexity index is 670. The van der Waals surface area contributed by atoms with Gasteiger partial charge in [0.2, 0.25) is 0 Å². The third-order valence-electron chi connectivity index (χ3n) is 7.24. The Morgan fingerprint density at radius 1 is 1.33 bits per heavy atom. The van der Waals surface area contributed by atoms with Gasteiger partial charge >= 0.3 is 5.97 Å². The summed E-state index contributed by atoms with van der Waals surface area (Å²) in [6.07, 6.45) is 4.39. The third kappa shape index (κ3) is 2.26. The van der Waals surface area contributed by atoms with Gasteiger partial charge in [0.1, 0.15) is 5.75 Å². The summed E-state index contributed by atoms with van der Waals surface area (Å²) in [5.74, 6) is 0.821. The number of aliphatic carboxylic acids is 1. The van der Waals surface area contributed by atoms with Crippen LogP contribution in [0.1, 0.15) is 56.1 Å². The number of aliphatic hydroxyl groups excluding tert-OH is 1. The van der Waals surface area contributed by atoms with Gasteiger partial charge in [-0.05, 0) is 84.5 Å². The second-order valence-corrected chi connectivity index (χ2v) is 8.37. The zero-order valence-electron chi connectivity index (χ0n) is 14.1. The maximum absolute atomic E-state index is 11.3. The largest absolute Gasteiger partial charge is 0.508 e. The SMILES string of the molecule is C[C@]12CC[C@@H]3c4ccc(O)cc4CC[C@H]3[C@@H]1C(CC(=O)O)CC2O. The zero-order chi connectivity index (χ0) is 17.1. The molecule has 3 aliphatic rings. The van der Waals surface area contributed by atoms with Crippen LogP contribution in [0, 0.1) is 23.2 Å². The van der Waals surface area contributed by atoms with Crippen LogP contribution in [0.4, 0.5) is 0 Å². The molecule has 0 heterocycles. The topological polar surface area (TPSA) is 77.8 Å². The summed E-state index contributed by atoms with van der Waals surface area (Å²) in [6, 6.07) is 5.71. The van der Waals surface area contributed by atoms with Crippen molar-refractivity contribution in [3.63, 3.8) is 0 Å². The molecule has 6 atom stereocenters. The molecule has 0 amide bonds. The Morgan fingerprint density at radius 3 is 2.88 bits per heavy atom. The number of aryl methyl sites for hydroxylation is 1. The van der Waals surface area contributed by atoms with E-state index >= 15 is 0 Å². The molecule has 2 saturated carbocycles. The number of carboxylic acids is 1. The zero-order valence-corrected chi connectivity index (χ0v) is 14.1. The van der Waals surface area contributed by atoms with Crippen molar-refractivity contribution in [3.8, 4) is 5.75 Å². The lowest BCUT2D eigenvalue weighted by Crippen LogP contribution is -2.45. The van der Waals surface area contributed by atoms with E-state index in [1.54, 1.807) is 6.07 Å². The Morgan fingerprint density at radius 2 is 2.12 bits per heavy atom. The molecule has 4 nitrogen and oxygen atoms in total. The Kier molecular flexibility index (Phi) is 3.64. The van der Waals surface area contributed by atoms with Gasteiger partial charge in [-0.2, -0.15) is 0 Å². The summed E-state index contributed by atoms with van der Waals surface area (Å²) in [5, 5.41) is 29.7. The molecule has 2 fully saturated rings. The van der Waals surface area contributed by atoms with E-state index in [0.29, 0.717) is 24.0 Å². The molecule has 2 unspecified atom stereocenters. The van der Waals surface area contributed by atoms with Crippen molar-refractivity contribution in [1.82, 2.24) is 0 Å². The first-order chi connectivity index (χ1) is 11.4. The van der Waals surface area contributed by atoms with E-state index in [1.165, 1.54) is 11.1 Å². The third-order valence-corrected chi connectivity index (χ3v) is 7.24. The van der Waals surface area contributed by atoms with E-state index in [-0.39, 0.29) is 29.8 Å². The van der Waals surface area contributed by atoms with E-state index in [0.717, 1.165) is 25.7 Å². The predicted octanol–water partition coefficient (Wildman–Crippen LogP) is 3.31. The highest BCUT2D eigenvalue weighted by Crippen LogP contribution is 2.63. The van der Waals surface area contributed by atoms with Gasteiger partial charge in [-0.3, -0.25) is 4.79 Å². The van der Waals surface area contributed by atoms with E-state index in [1.807, 2.05) is 6.07 Å². The van der Waals surface area contributed by atoms with Crippen LogP contribution in [0.25, 0.3) is 0 Å². The summed E-state index contributed by atoms with van der Waals surface area (Å²) < 4.78 is 0. The number of fused-ring (bicyclic) bond motifs is 5. The molecule has 0 radical (unpaired) electrons. The molecule has 1 aromatic carbocycles. The Balaban J connectivity index is 1.71. The molecule has 4 heteroatoms. The molecule has 3 N–H and O–H groups in total. The van der Waals surface area contributed by atoms with Gasteiger partial charge in [-0.25, -0.2) is 0 Å².